The predicted octanol–water partition coefficient (Wildman–Crippen LogP) is 0.905. The van der Waals surface area contributed by atoms with Gasteiger partial charge in [0.15, 0.2) is 0 Å². The van der Waals surface area contributed by atoms with Crippen LogP contribution in [-0.2, 0) is 18.3 Å². The summed E-state index contributed by atoms with van der Waals surface area (Å²) in [7, 11) is 1.91. The number of urea groups is 1. The van der Waals surface area contributed by atoms with Gasteiger partial charge in [0, 0.05) is 44.9 Å². The summed E-state index contributed by atoms with van der Waals surface area (Å²) in [6.07, 6.45) is 5.60. The van der Waals surface area contributed by atoms with Gasteiger partial charge in [-0.3, -0.25) is 4.79 Å². The van der Waals surface area contributed by atoms with E-state index in [1.165, 1.54) is 0 Å². The maximum atomic E-state index is 11.6. The first-order valence-electron chi connectivity index (χ1n) is 6.71. The second kappa shape index (κ2) is 8.19. The number of hydrogen-bond donors (Lipinski definition) is 3. The lowest BCUT2D eigenvalue weighted by atomic mass is 10.1. The van der Waals surface area contributed by atoms with E-state index in [1.807, 2.05) is 24.7 Å². The second-order valence-electron chi connectivity index (χ2n) is 4.79. The Morgan fingerprint density at radius 1 is 1.50 bits per heavy atom. The molecular formula is C13H22N4O3. The molecular weight excluding hydrogens is 260 g/mol. The Bertz CT molecular complexity index is 445. The van der Waals surface area contributed by atoms with E-state index in [-0.39, 0.29) is 18.5 Å². The Morgan fingerprint density at radius 2 is 2.25 bits per heavy atom. The Balaban J connectivity index is 2.13. The predicted molar refractivity (Wildman–Crippen MR) is 74.4 cm³/mol. The monoisotopic (exact) mass is 282 g/mol. The summed E-state index contributed by atoms with van der Waals surface area (Å²) < 4.78 is 1.91. The van der Waals surface area contributed by atoms with E-state index in [2.05, 4.69) is 15.6 Å². The molecule has 0 saturated carbocycles. The third kappa shape index (κ3) is 6.21. The number of hydrogen-bond acceptors (Lipinski definition) is 3. The molecule has 20 heavy (non-hydrogen) atoms. The average molecular weight is 282 g/mol. The highest BCUT2D eigenvalue weighted by molar-refractivity contribution is 5.74. The van der Waals surface area contributed by atoms with E-state index in [9.17, 15) is 9.59 Å². The van der Waals surface area contributed by atoms with Crippen LogP contribution >= 0.6 is 0 Å². The second-order valence-corrected chi connectivity index (χ2v) is 4.79. The van der Waals surface area contributed by atoms with Gasteiger partial charge in [0.05, 0.1) is 0 Å². The molecule has 1 atom stereocenters. The van der Waals surface area contributed by atoms with Crippen LogP contribution in [-0.4, -0.2) is 39.2 Å². The lowest BCUT2D eigenvalue weighted by molar-refractivity contribution is -0.137. The zero-order valence-electron chi connectivity index (χ0n) is 11.9. The molecule has 0 aliphatic heterocycles. The SMILES string of the molecule is CC(CCCC(=O)O)NC(=O)NCCc1nccn1C. The van der Waals surface area contributed by atoms with Gasteiger partial charge in [-0.2, -0.15) is 0 Å². The highest BCUT2D eigenvalue weighted by Crippen LogP contribution is 2.00. The van der Waals surface area contributed by atoms with E-state index in [4.69, 9.17) is 5.11 Å². The van der Waals surface area contributed by atoms with E-state index in [0.29, 0.717) is 25.8 Å². The third-order valence-corrected chi connectivity index (χ3v) is 2.96. The first-order valence-corrected chi connectivity index (χ1v) is 6.71. The van der Waals surface area contributed by atoms with Crippen LogP contribution < -0.4 is 10.6 Å². The molecule has 0 aliphatic rings. The summed E-state index contributed by atoms with van der Waals surface area (Å²) in [6.45, 7) is 2.37. The number of nitrogens with zero attached hydrogens (tertiary/aromatic N) is 2. The molecule has 112 valence electrons. The number of carbonyl (C=O) groups is 2. The molecule has 0 aliphatic carbocycles. The molecule has 1 rings (SSSR count). The van der Waals surface area contributed by atoms with Crippen molar-refractivity contribution < 1.29 is 14.7 Å². The van der Waals surface area contributed by atoms with E-state index >= 15 is 0 Å². The fourth-order valence-electron chi connectivity index (χ4n) is 1.83. The van der Waals surface area contributed by atoms with E-state index in [0.717, 1.165) is 5.82 Å². The lowest BCUT2D eigenvalue weighted by Gasteiger charge is -2.14. The molecule has 7 heteroatoms. The van der Waals surface area contributed by atoms with Gasteiger partial charge in [-0.15, -0.1) is 0 Å². The van der Waals surface area contributed by atoms with Crippen LogP contribution in [0.1, 0.15) is 32.0 Å². The zero-order chi connectivity index (χ0) is 15.0. The summed E-state index contributed by atoms with van der Waals surface area (Å²) >= 11 is 0. The Hall–Kier alpha value is -2.05. The van der Waals surface area contributed by atoms with Crippen LogP contribution in [0.25, 0.3) is 0 Å². The summed E-state index contributed by atoms with van der Waals surface area (Å²) in [6, 6.07) is -0.274. The van der Waals surface area contributed by atoms with Crippen molar-refractivity contribution in [1.82, 2.24) is 20.2 Å². The topological polar surface area (TPSA) is 96.2 Å². The van der Waals surface area contributed by atoms with Gasteiger partial charge < -0.3 is 20.3 Å². The van der Waals surface area contributed by atoms with E-state index in [1.54, 1.807) is 6.20 Å². The normalized spacial score (nSPS) is 11.9. The molecule has 0 aromatic carbocycles. The molecule has 2 amide bonds. The molecule has 7 nitrogen and oxygen atoms in total. The van der Waals surface area contributed by atoms with Gasteiger partial charge >= 0.3 is 12.0 Å². The van der Waals surface area contributed by atoms with Crippen molar-refractivity contribution in [3.05, 3.63) is 18.2 Å². The van der Waals surface area contributed by atoms with Crippen molar-refractivity contribution in [3.8, 4) is 0 Å². The zero-order valence-corrected chi connectivity index (χ0v) is 11.9. The molecule has 1 unspecified atom stereocenters. The molecule has 1 aromatic heterocycles. The van der Waals surface area contributed by atoms with Crippen molar-refractivity contribution >= 4 is 12.0 Å². The standard InChI is InChI=1S/C13H22N4O3/c1-10(4-3-5-12(18)19)16-13(20)15-7-6-11-14-8-9-17(11)2/h8-10H,3-7H2,1-2H3,(H,18,19)(H2,15,16,20). The summed E-state index contributed by atoms with van der Waals surface area (Å²) in [5.74, 6) is 0.108. The summed E-state index contributed by atoms with van der Waals surface area (Å²) in [5, 5.41) is 14.1. The number of amides is 2. The Morgan fingerprint density at radius 3 is 2.85 bits per heavy atom. The van der Waals surface area contributed by atoms with E-state index < -0.39 is 5.97 Å². The smallest absolute Gasteiger partial charge is 0.315 e. The quantitative estimate of drug-likeness (QED) is 0.660. The van der Waals surface area contributed by atoms with Gasteiger partial charge in [0.25, 0.3) is 0 Å². The lowest BCUT2D eigenvalue weighted by Crippen LogP contribution is -2.41. The molecule has 3 N–H and O–H groups in total. The Labute approximate surface area is 118 Å². The van der Waals surface area contributed by atoms with Crippen molar-refractivity contribution in [3.63, 3.8) is 0 Å². The highest BCUT2D eigenvalue weighted by atomic mass is 16.4. The van der Waals surface area contributed by atoms with Crippen molar-refractivity contribution in [2.45, 2.75) is 38.6 Å². The highest BCUT2D eigenvalue weighted by Gasteiger charge is 2.08. The number of aliphatic carboxylic acids is 1. The first-order chi connectivity index (χ1) is 9.49. The number of carboxylic acid groups (broad SMARTS) is 1. The fourth-order valence-corrected chi connectivity index (χ4v) is 1.83. The summed E-state index contributed by atoms with van der Waals surface area (Å²) in [5.41, 5.74) is 0. The largest absolute Gasteiger partial charge is 0.481 e. The minimum atomic E-state index is -0.809. The maximum absolute atomic E-state index is 11.6. The summed E-state index contributed by atoms with van der Waals surface area (Å²) in [4.78, 5) is 26.1. The number of imidazole rings is 1. The van der Waals surface area contributed by atoms with Crippen LogP contribution in [0.2, 0.25) is 0 Å². The van der Waals surface area contributed by atoms with Gasteiger partial charge in [-0.25, -0.2) is 9.78 Å². The molecule has 0 saturated heterocycles. The molecule has 0 bridgehead atoms. The average Bonchev–Trinajstić information content (AvgIpc) is 2.74. The number of carboxylic acids is 1. The third-order valence-electron chi connectivity index (χ3n) is 2.96. The number of aromatic nitrogens is 2. The van der Waals surface area contributed by atoms with Crippen molar-refractivity contribution in [2.75, 3.05) is 6.54 Å². The fraction of sp³-hybridized carbons (Fsp3) is 0.615. The van der Waals surface area contributed by atoms with Crippen LogP contribution in [0.3, 0.4) is 0 Å². The number of aryl methyl sites for hydroxylation is 1. The minimum absolute atomic E-state index is 0.0393. The molecule has 0 fully saturated rings. The molecule has 1 aromatic rings. The van der Waals surface area contributed by atoms with Gasteiger partial charge in [0.1, 0.15) is 5.82 Å². The van der Waals surface area contributed by atoms with Crippen LogP contribution in [0.15, 0.2) is 12.4 Å². The maximum Gasteiger partial charge on any atom is 0.315 e. The Kier molecular flexibility index (Phi) is 6.55. The first kappa shape index (κ1) is 16.0. The van der Waals surface area contributed by atoms with Crippen LogP contribution in [0.5, 0.6) is 0 Å². The number of carbonyl (C=O) groups excluding carboxylic acids is 1. The minimum Gasteiger partial charge on any atom is -0.481 e. The van der Waals surface area contributed by atoms with Gasteiger partial charge in [0.2, 0.25) is 0 Å². The molecule has 1 heterocycles. The number of rotatable bonds is 8. The van der Waals surface area contributed by atoms with Crippen LogP contribution in [0, 0.1) is 0 Å². The molecule has 0 spiro atoms. The number of nitrogens with one attached hydrogen (secondary N) is 2. The van der Waals surface area contributed by atoms with Crippen LogP contribution in [0.4, 0.5) is 4.79 Å². The van der Waals surface area contributed by atoms with Crippen molar-refractivity contribution in [2.24, 2.45) is 7.05 Å². The van der Waals surface area contributed by atoms with Crippen molar-refractivity contribution in [1.29, 1.82) is 0 Å². The van der Waals surface area contributed by atoms with Gasteiger partial charge in [-0.1, -0.05) is 0 Å². The van der Waals surface area contributed by atoms with Gasteiger partial charge in [-0.05, 0) is 19.8 Å². The molecule has 0 radical (unpaired) electrons.